The highest BCUT2D eigenvalue weighted by atomic mass is 35.5. The Kier molecular flexibility index (Phi) is 5.13. The van der Waals surface area contributed by atoms with E-state index < -0.39 is 24.4 Å². The van der Waals surface area contributed by atoms with Gasteiger partial charge in [0.2, 0.25) is 0 Å². The van der Waals surface area contributed by atoms with Crippen LogP contribution in [0.2, 0.25) is 5.02 Å². The Morgan fingerprint density at radius 2 is 2.05 bits per heavy atom. The van der Waals surface area contributed by atoms with Gasteiger partial charge in [0, 0.05) is 0 Å². The minimum atomic E-state index is -0.734. The van der Waals surface area contributed by atoms with Crippen LogP contribution in [0.25, 0.3) is 0 Å². The Hall–Kier alpha value is -2.38. The smallest absolute Gasteiger partial charge is 0.338 e. The summed E-state index contributed by atoms with van der Waals surface area (Å²) < 4.78 is 4.80. The molecule has 2 amide bonds. The number of amides is 2. The number of hydrogen-bond acceptors (Lipinski definition) is 6. The zero-order valence-corrected chi connectivity index (χ0v) is 12.7. The van der Waals surface area contributed by atoms with Crippen LogP contribution >= 0.6 is 22.9 Å². The summed E-state index contributed by atoms with van der Waals surface area (Å²) in [5, 5.41) is 4.15. The van der Waals surface area contributed by atoms with E-state index in [4.69, 9.17) is 22.1 Å². The van der Waals surface area contributed by atoms with Crippen LogP contribution in [-0.2, 0) is 9.53 Å². The predicted octanol–water partition coefficient (Wildman–Crippen LogP) is 2.10. The minimum Gasteiger partial charge on any atom is -0.452 e. The second-order valence-electron chi connectivity index (χ2n) is 4.17. The molecule has 0 unspecified atom stereocenters. The molecular formula is C14H11ClN2O4S. The largest absolute Gasteiger partial charge is 0.452 e. The first-order chi connectivity index (χ1) is 10.5. The van der Waals surface area contributed by atoms with Gasteiger partial charge in [0.15, 0.2) is 6.61 Å². The molecule has 22 heavy (non-hydrogen) atoms. The van der Waals surface area contributed by atoms with Crippen molar-refractivity contribution in [3.8, 4) is 0 Å². The van der Waals surface area contributed by atoms with Gasteiger partial charge in [-0.2, -0.15) is 0 Å². The van der Waals surface area contributed by atoms with Crippen LogP contribution in [0.15, 0.2) is 35.7 Å². The standard InChI is InChI=1S/C14H11ClN2O4S/c15-9-4-3-8(6-10(9)16)14(20)21-7-12(18)17-13(19)11-2-1-5-22-11/h1-6H,7,16H2,(H,17,18,19). The highest BCUT2D eigenvalue weighted by Gasteiger charge is 2.14. The molecule has 114 valence electrons. The first kappa shape index (κ1) is 16.0. The molecule has 0 saturated heterocycles. The van der Waals surface area contributed by atoms with Crippen molar-refractivity contribution in [3.05, 3.63) is 51.2 Å². The SMILES string of the molecule is Nc1cc(C(=O)OCC(=O)NC(=O)c2cccs2)ccc1Cl. The van der Waals surface area contributed by atoms with Gasteiger partial charge in [0.05, 0.1) is 21.2 Å². The van der Waals surface area contributed by atoms with Crippen molar-refractivity contribution in [1.29, 1.82) is 0 Å². The first-order valence-corrected chi connectivity index (χ1v) is 7.33. The maximum Gasteiger partial charge on any atom is 0.338 e. The van der Waals surface area contributed by atoms with Gasteiger partial charge in [-0.25, -0.2) is 4.79 Å². The van der Waals surface area contributed by atoms with Gasteiger partial charge in [0.25, 0.3) is 11.8 Å². The molecule has 1 heterocycles. The first-order valence-electron chi connectivity index (χ1n) is 6.07. The molecule has 1 aromatic carbocycles. The molecule has 0 aliphatic rings. The van der Waals surface area contributed by atoms with E-state index in [9.17, 15) is 14.4 Å². The van der Waals surface area contributed by atoms with E-state index in [1.165, 1.54) is 29.5 Å². The third-order valence-electron chi connectivity index (χ3n) is 2.56. The van der Waals surface area contributed by atoms with Crippen LogP contribution in [0.3, 0.4) is 0 Å². The zero-order chi connectivity index (χ0) is 16.1. The minimum absolute atomic E-state index is 0.166. The molecule has 2 aromatic rings. The Morgan fingerprint density at radius 1 is 1.27 bits per heavy atom. The van der Waals surface area contributed by atoms with Crippen LogP contribution in [0.5, 0.6) is 0 Å². The van der Waals surface area contributed by atoms with E-state index in [1.54, 1.807) is 17.5 Å². The van der Waals surface area contributed by atoms with E-state index in [1.807, 2.05) is 0 Å². The van der Waals surface area contributed by atoms with E-state index in [2.05, 4.69) is 5.32 Å². The molecular weight excluding hydrogens is 328 g/mol. The fourth-order valence-electron chi connectivity index (χ4n) is 1.52. The molecule has 3 N–H and O–H groups in total. The Labute approximate surface area is 134 Å². The number of rotatable bonds is 4. The van der Waals surface area contributed by atoms with Crippen LogP contribution in [0.1, 0.15) is 20.0 Å². The predicted molar refractivity (Wildman–Crippen MR) is 82.9 cm³/mol. The number of nitrogens with two attached hydrogens (primary N) is 1. The van der Waals surface area contributed by atoms with Crippen LogP contribution in [0.4, 0.5) is 5.69 Å². The van der Waals surface area contributed by atoms with Crippen LogP contribution < -0.4 is 11.1 Å². The maximum atomic E-state index is 11.7. The van der Waals surface area contributed by atoms with Gasteiger partial charge < -0.3 is 10.5 Å². The molecule has 0 aliphatic carbocycles. The summed E-state index contributed by atoms with van der Waals surface area (Å²) in [7, 11) is 0. The van der Waals surface area contributed by atoms with Crippen molar-refractivity contribution in [1.82, 2.24) is 5.32 Å². The third kappa shape index (κ3) is 4.06. The molecule has 0 bridgehead atoms. The summed E-state index contributed by atoms with van der Waals surface area (Å²) in [5.74, 6) is -1.98. The van der Waals surface area contributed by atoms with E-state index in [-0.39, 0.29) is 11.3 Å². The van der Waals surface area contributed by atoms with Gasteiger partial charge >= 0.3 is 5.97 Å². The quantitative estimate of drug-likeness (QED) is 0.657. The Bertz CT molecular complexity index is 716. The zero-order valence-electron chi connectivity index (χ0n) is 11.2. The second kappa shape index (κ2) is 7.06. The average molecular weight is 339 g/mol. The summed E-state index contributed by atoms with van der Waals surface area (Å²) in [5.41, 5.74) is 5.97. The number of thiophene rings is 1. The van der Waals surface area contributed by atoms with Crippen molar-refractivity contribution in [3.63, 3.8) is 0 Å². The topological polar surface area (TPSA) is 98.5 Å². The molecule has 0 aliphatic heterocycles. The lowest BCUT2D eigenvalue weighted by Crippen LogP contribution is -2.33. The van der Waals surface area contributed by atoms with Crippen molar-refractivity contribution in [2.75, 3.05) is 12.3 Å². The molecule has 0 saturated carbocycles. The van der Waals surface area contributed by atoms with Gasteiger partial charge in [0.1, 0.15) is 0 Å². The monoisotopic (exact) mass is 338 g/mol. The fraction of sp³-hybridized carbons (Fsp3) is 0.0714. The lowest BCUT2D eigenvalue weighted by Gasteiger charge is -2.06. The lowest BCUT2D eigenvalue weighted by atomic mass is 10.2. The summed E-state index contributed by atoms with van der Waals surface area (Å²) in [6.45, 7) is -0.571. The van der Waals surface area contributed by atoms with Gasteiger partial charge in [-0.05, 0) is 29.6 Å². The molecule has 2 rings (SSSR count). The number of anilines is 1. The number of halogens is 1. The Morgan fingerprint density at radius 3 is 2.68 bits per heavy atom. The molecule has 6 nitrogen and oxygen atoms in total. The molecule has 1 aromatic heterocycles. The summed E-state index contributed by atoms with van der Waals surface area (Å²) in [4.78, 5) is 35.3. The number of benzene rings is 1. The summed E-state index contributed by atoms with van der Waals surface area (Å²) in [6, 6.07) is 7.49. The highest BCUT2D eigenvalue weighted by molar-refractivity contribution is 7.12. The number of ether oxygens (including phenoxy) is 1. The van der Waals surface area contributed by atoms with E-state index in [0.29, 0.717) is 9.90 Å². The van der Waals surface area contributed by atoms with E-state index >= 15 is 0 Å². The molecule has 0 radical (unpaired) electrons. The van der Waals surface area contributed by atoms with Crippen molar-refractivity contribution >= 4 is 46.4 Å². The molecule has 0 spiro atoms. The van der Waals surface area contributed by atoms with Crippen molar-refractivity contribution in [2.45, 2.75) is 0 Å². The van der Waals surface area contributed by atoms with Crippen molar-refractivity contribution in [2.24, 2.45) is 0 Å². The van der Waals surface area contributed by atoms with Crippen LogP contribution in [-0.4, -0.2) is 24.4 Å². The van der Waals surface area contributed by atoms with Gasteiger partial charge in [-0.15, -0.1) is 11.3 Å². The van der Waals surface area contributed by atoms with Crippen LogP contribution in [0, 0.1) is 0 Å². The molecule has 0 fully saturated rings. The number of esters is 1. The van der Waals surface area contributed by atoms with E-state index in [0.717, 1.165) is 0 Å². The van der Waals surface area contributed by atoms with Gasteiger partial charge in [-0.1, -0.05) is 17.7 Å². The lowest BCUT2D eigenvalue weighted by molar-refractivity contribution is -0.123. The number of imide groups is 1. The maximum absolute atomic E-state index is 11.7. The molecule has 0 atom stereocenters. The molecule has 8 heteroatoms. The Balaban J connectivity index is 1.86. The third-order valence-corrected chi connectivity index (χ3v) is 3.78. The summed E-state index contributed by atoms with van der Waals surface area (Å²) >= 11 is 6.94. The number of carbonyl (C=O) groups is 3. The summed E-state index contributed by atoms with van der Waals surface area (Å²) in [6.07, 6.45) is 0. The number of nitrogens with one attached hydrogen (secondary N) is 1. The van der Waals surface area contributed by atoms with Gasteiger partial charge in [-0.3, -0.25) is 14.9 Å². The second-order valence-corrected chi connectivity index (χ2v) is 5.52. The number of carbonyl (C=O) groups excluding carboxylic acids is 3. The normalized spacial score (nSPS) is 10.0. The highest BCUT2D eigenvalue weighted by Crippen LogP contribution is 2.19. The average Bonchev–Trinajstić information content (AvgIpc) is 3.02. The van der Waals surface area contributed by atoms with Crippen molar-refractivity contribution < 1.29 is 19.1 Å². The fourth-order valence-corrected chi connectivity index (χ4v) is 2.25. The number of hydrogen-bond donors (Lipinski definition) is 2. The number of nitrogen functional groups attached to an aromatic ring is 1.